The number of carboxylic acids is 1. The summed E-state index contributed by atoms with van der Waals surface area (Å²) in [5, 5.41) is 15.1. The van der Waals surface area contributed by atoms with Gasteiger partial charge in [0, 0.05) is 5.56 Å². The normalized spacial score (nSPS) is 12.8. The summed E-state index contributed by atoms with van der Waals surface area (Å²) in [6, 6.07) is 0. The van der Waals surface area contributed by atoms with Gasteiger partial charge in [-0.3, -0.25) is 9.89 Å². The average molecular weight is 233 g/mol. The van der Waals surface area contributed by atoms with Crippen molar-refractivity contribution >= 4 is 21.9 Å². The van der Waals surface area contributed by atoms with Crippen LogP contribution in [0.2, 0.25) is 0 Å². The zero-order valence-corrected chi connectivity index (χ0v) is 8.13. The lowest BCUT2D eigenvalue weighted by Crippen LogP contribution is -2.11. The number of hydrogen-bond donors (Lipinski definition) is 2. The Kier molecular flexibility index (Phi) is 2.86. The van der Waals surface area contributed by atoms with E-state index in [1.54, 1.807) is 13.1 Å². The second-order valence-electron chi connectivity index (χ2n) is 2.65. The third-order valence-electron chi connectivity index (χ3n) is 1.61. The number of aromatic nitrogens is 2. The molecule has 1 unspecified atom stereocenters. The number of halogens is 1. The molecule has 1 atom stereocenters. The molecule has 1 aromatic rings. The van der Waals surface area contributed by atoms with Crippen molar-refractivity contribution in [3.63, 3.8) is 0 Å². The standard InChI is InChI=1S/C7H9BrN2O2/c1-4(7(11)12)2-5-3-9-10-6(5)8/h3-4H,2H2,1H3,(H,9,10)(H,11,12). The van der Waals surface area contributed by atoms with Crippen molar-refractivity contribution in [1.82, 2.24) is 10.2 Å². The Morgan fingerprint density at radius 3 is 3.00 bits per heavy atom. The van der Waals surface area contributed by atoms with Crippen LogP contribution in [0.3, 0.4) is 0 Å². The van der Waals surface area contributed by atoms with Crippen molar-refractivity contribution in [3.05, 3.63) is 16.4 Å². The molecule has 2 N–H and O–H groups in total. The fourth-order valence-electron chi connectivity index (χ4n) is 0.855. The van der Waals surface area contributed by atoms with Gasteiger partial charge in [0.05, 0.1) is 12.1 Å². The van der Waals surface area contributed by atoms with Crippen LogP contribution < -0.4 is 0 Å². The molecule has 4 nitrogen and oxygen atoms in total. The summed E-state index contributed by atoms with van der Waals surface area (Å²) in [6.45, 7) is 1.67. The molecule has 0 aliphatic rings. The average Bonchev–Trinajstić information content (AvgIpc) is 2.36. The van der Waals surface area contributed by atoms with Gasteiger partial charge < -0.3 is 5.11 Å². The Morgan fingerprint density at radius 1 is 1.92 bits per heavy atom. The van der Waals surface area contributed by atoms with E-state index in [0.717, 1.165) is 10.2 Å². The number of aromatic amines is 1. The molecule has 0 aliphatic carbocycles. The van der Waals surface area contributed by atoms with Crippen molar-refractivity contribution in [2.45, 2.75) is 13.3 Å². The molecular weight excluding hydrogens is 224 g/mol. The molecule has 1 heterocycles. The van der Waals surface area contributed by atoms with Gasteiger partial charge in [0.15, 0.2) is 0 Å². The smallest absolute Gasteiger partial charge is 0.306 e. The van der Waals surface area contributed by atoms with E-state index in [9.17, 15) is 4.79 Å². The van der Waals surface area contributed by atoms with Gasteiger partial charge in [-0.15, -0.1) is 0 Å². The summed E-state index contributed by atoms with van der Waals surface area (Å²) in [4.78, 5) is 10.5. The Labute approximate surface area is 78.1 Å². The molecule has 1 rings (SSSR count). The molecule has 66 valence electrons. The minimum atomic E-state index is -0.789. The Balaban J connectivity index is 2.64. The Hall–Kier alpha value is -0.840. The summed E-state index contributed by atoms with van der Waals surface area (Å²) in [5.41, 5.74) is 0.893. The summed E-state index contributed by atoms with van der Waals surface area (Å²) in [6.07, 6.45) is 2.12. The van der Waals surface area contributed by atoms with Gasteiger partial charge in [-0.1, -0.05) is 6.92 Å². The quantitative estimate of drug-likeness (QED) is 0.829. The van der Waals surface area contributed by atoms with Crippen molar-refractivity contribution < 1.29 is 9.90 Å². The number of carbonyl (C=O) groups is 1. The lowest BCUT2D eigenvalue weighted by atomic mass is 10.0. The largest absolute Gasteiger partial charge is 0.481 e. The van der Waals surface area contributed by atoms with Crippen LogP contribution >= 0.6 is 15.9 Å². The molecule has 0 spiro atoms. The lowest BCUT2D eigenvalue weighted by molar-refractivity contribution is -0.141. The Morgan fingerprint density at radius 2 is 2.58 bits per heavy atom. The van der Waals surface area contributed by atoms with Gasteiger partial charge in [0.25, 0.3) is 0 Å². The number of rotatable bonds is 3. The molecule has 0 saturated heterocycles. The molecule has 0 saturated carbocycles. The predicted molar refractivity (Wildman–Crippen MR) is 46.8 cm³/mol. The first-order valence-electron chi connectivity index (χ1n) is 3.52. The molecule has 0 aromatic carbocycles. The van der Waals surface area contributed by atoms with E-state index in [1.165, 1.54) is 0 Å². The third-order valence-corrected chi connectivity index (χ3v) is 2.30. The maximum atomic E-state index is 10.5. The van der Waals surface area contributed by atoms with Crippen molar-refractivity contribution in [2.75, 3.05) is 0 Å². The van der Waals surface area contributed by atoms with Crippen LogP contribution in [0.5, 0.6) is 0 Å². The summed E-state index contributed by atoms with van der Waals surface area (Å²) in [5.74, 6) is -1.16. The number of nitrogens with one attached hydrogen (secondary N) is 1. The van der Waals surface area contributed by atoms with E-state index >= 15 is 0 Å². The maximum Gasteiger partial charge on any atom is 0.306 e. The SMILES string of the molecule is CC(Cc1cn[nH]c1Br)C(=O)O. The summed E-state index contributed by atoms with van der Waals surface area (Å²) >= 11 is 3.23. The van der Waals surface area contributed by atoms with Crippen LogP contribution in [-0.4, -0.2) is 21.3 Å². The minimum absolute atomic E-state index is 0.376. The van der Waals surface area contributed by atoms with Crippen LogP contribution in [0, 0.1) is 5.92 Å². The summed E-state index contributed by atoms with van der Waals surface area (Å²) < 4.78 is 0.760. The fourth-order valence-corrected chi connectivity index (χ4v) is 1.22. The summed E-state index contributed by atoms with van der Waals surface area (Å²) in [7, 11) is 0. The molecular formula is C7H9BrN2O2. The molecule has 0 fully saturated rings. The molecule has 12 heavy (non-hydrogen) atoms. The molecule has 0 aliphatic heterocycles. The number of aliphatic carboxylic acids is 1. The van der Waals surface area contributed by atoms with E-state index in [2.05, 4.69) is 26.1 Å². The highest BCUT2D eigenvalue weighted by Crippen LogP contribution is 2.16. The van der Waals surface area contributed by atoms with E-state index < -0.39 is 5.97 Å². The van der Waals surface area contributed by atoms with E-state index in [1.807, 2.05) is 0 Å². The highest BCUT2D eigenvalue weighted by molar-refractivity contribution is 9.10. The van der Waals surface area contributed by atoms with Crippen LogP contribution in [0.15, 0.2) is 10.8 Å². The van der Waals surface area contributed by atoms with Crippen molar-refractivity contribution in [2.24, 2.45) is 5.92 Å². The number of nitrogens with zero attached hydrogens (tertiary/aromatic N) is 1. The topological polar surface area (TPSA) is 66.0 Å². The minimum Gasteiger partial charge on any atom is -0.481 e. The molecule has 1 aromatic heterocycles. The van der Waals surface area contributed by atoms with Crippen LogP contribution in [-0.2, 0) is 11.2 Å². The van der Waals surface area contributed by atoms with Crippen LogP contribution in [0.1, 0.15) is 12.5 Å². The van der Waals surface area contributed by atoms with Gasteiger partial charge in [-0.25, -0.2) is 0 Å². The van der Waals surface area contributed by atoms with E-state index in [0.29, 0.717) is 6.42 Å². The predicted octanol–water partition coefficient (Wildman–Crippen LogP) is 1.44. The van der Waals surface area contributed by atoms with Gasteiger partial charge >= 0.3 is 5.97 Å². The molecule has 0 radical (unpaired) electrons. The van der Waals surface area contributed by atoms with Gasteiger partial charge in [-0.05, 0) is 22.4 Å². The van der Waals surface area contributed by atoms with Gasteiger partial charge in [0.1, 0.15) is 4.60 Å². The first kappa shape index (κ1) is 9.25. The third kappa shape index (κ3) is 2.07. The fraction of sp³-hybridized carbons (Fsp3) is 0.429. The zero-order chi connectivity index (χ0) is 9.14. The zero-order valence-electron chi connectivity index (χ0n) is 6.54. The highest BCUT2D eigenvalue weighted by Gasteiger charge is 2.13. The van der Waals surface area contributed by atoms with Crippen LogP contribution in [0.4, 0.5) is 0 Å². The first-order valence-corrected chi connectivity index (χ1v) is 4.31. The van der Waals surface area contributed by atoms with Crippen molar-refractivity contribution in [1.29, 1.82) is 0 Å². The second-order valence-corrected chi connectivity index (χ2v) is 3.45. The van der Waals surface area contributed by atoms with Crippen LogP contribution in [0.25, 0.3) is 0 Å². The van der Waals surface area contributed by atoms with E-state index in [-0.39, 0.29) is 5.92 Å². The highest BCUT2D eigenvalue weighted by atomic mass is 79.9. The lowest BCUT2D eigenvalue weighted by Gasteiger charge is -2.02. The molecule has 0 amide bonds. The van der Waals surface area contributed by atoms with Gasteiger partial charge in [0.2, 0.25) is 0 Å². The number of carboxylic acid groups (broad SMARTS) is 1. The van der Waals surface area contributed by atoms with E-state index in [4.69, 9.17) is 5.11 Å². The number of hydrogen-bond acceptors (Lipinski definition) is 2. The first-order chi connectivity index (χ1) is 5.61. The van der Waals surface area contributed by atoms with Crippen molar-refractivity contribution in [3.8, 4) is 0 Å². The van der Waals surface area contributed by atoms with Gasteiger partial charge in [-0.2, -0.15) is 5.10 Å². The molecule has 0 bridgehead atoms. The second kappa shape index (κ2) is 3.71. The maximum absolute atomic E-state index is 10.5. The molecule has 5 heteroatoms. The monoisotopic (exact) mass is 232 g/mol. The number of H-pyrrole nitrogens is 1. The Bertz CT molecular complexity index is 285.